The smallest absolute Gasteiger partial charge is 0.152 e. The van der Waals surface area contributed by atoms with E-state index in [1.165, 1.54) is 12.1 Å². The van der Waals surface area contributed by atoms with Gasteiger partial charge in [0.1, 0.15) is 11.6 Å². The highest BCUT2D eigenvalue weighted by atomic mass is 19.1. The summed E-state index contributed by atoms with van der Waals surface area (Å²) in [6, 6.07) is 11.8. The third-order valence-electron chi connectivity index (χ3n) is 2.55. The van der Waals surface area contributed by atoms with E-state index in [-0.39, 0.29) is 5.56 Å². The fourth-order valence-electron chi connectivity index (χ4n) is 1.67. The monoisotopic (exact) mass is 230 g/mol. The number of carbonyl (C=O) groups excluding carboxylic acids is 1. The molecule has 0 N–H and O–H groups in total. The Morgan fingerprint density at radius 3 is 2.59 bits per heavy atom. The van der Waals surface area contributed by atoms with Crippen molar-refractivity contribution < 1.29 is 13.9 Å². The van der Waals surface area contributed by atoms with Crippen LogP contribution in [0.3, 0.4) is 0 Å². The predicted molar refractivity (Wildman–Crippen MR) is 63.8 cm³/mol. The molecule has 2 rings (SSSR count). The minimum absolute atomic E-state index is 0.0589. The van der Waals surface area contributed by atoms with Gasteiger partial charge < -0.3 is 4.74 Å². The summed E-state index contributed by atoms with van der Waals surface area (Å²) in [5, 5.41) is 0. The maximum Gasteiger partial charge on any atom is 0.152 e. The second kappa shape index (κ2) is 4.78. The zero-order chi connectivity index (χ0) is 12.3. The molecule has 0 atom stereocenters. The molecule has 2 aromatic rings. The van der Waals surface area contributed by atoms with Crippen molar-refractivity contribution in [2.75, 3.05) is 7.11 Å². The van der Waals surface area contributed by atoms with E-state index < -0.39 is 5.82 Å². The molecule has 0 saturated carbocycles. The van der Waals surface area contributed by atoms with Crippen molar-refractivity contribution in [2.24, 2.45) is 0 Å². The van der Waals surface area contributed by atoms with Gasteiger partial charge in [-0.15, -0.1) is 0 Å². The SMILES string of the molecule is COc1ccccc1-c1ccc(C=O)c(F)c1. The largest absolute Gasteiger partial charge is 0.496 e. The fraction of sp³-hybridized carbons (Fsp3) is 0.0714. The van der Waals surface area contributed by atoms with Crippen molar-refractivity contribution >= 4 is 6.29 Å². The van der Waals surface area contributed by atoms with E-state index in [1.807, 2.05) is 18.2 Å². The number of aldehydes is 1. The van der Waals surface area contributed by atoms with Crippen LogP contribution in [0.5, 0.6) is 5.75 Å². The predicted octanol–water partition coefficient (Wildman–Crippen LogP) is 3.31. The number of carbonyl (C=O) groups is 1. The molecule has 0 saturated heterocycles. The lowest BCUT2D eigenvalue weighted by Crippen LogP contribution is -1.91. The van der Waals surface area contributed by atoms with Crippen molar-refractivity contribution in [2.45, 2.75) is 0 Å². The Morgan fingerprint density at radius 1 is 1.18 bits per heavy atom. The molecule has 2 nitrogen and oxygen atoms in total. The molecule has 0 aromatic heterocycles. The lowest BCUT2D eigenvalue weighted by atomic mass is 10.0. The maximum atomic E-state index is 13.5. The van der Waals surface area contributed by atoms with Gasteiger partial charge in [0.15, 0.2) is 6.29 Å². The molecular formula is C14H11FO2. The highest BCUT2D eigenvalue weighted by Gasteiger charge is 2.08. The Morgan fingerprint density at radius 2 is 1.94 bits per heavy atom. The number of ether oxygens (including phenoxy) is 1. The number of halogens is 1. The van der Waals surface area contributed by atoms with Crippen LogP contribution in [0.4, 0.5) is 4.39 Å². The van der Waals surface area contributed by atoms with Gasteiger partial charge in [-0.05, 0) is 23.8 Å². The Bertz CT molecular complexity index is 550. The third-order valence-corrected chi connectivity index (χ3v) is 2.55. The summed E-state index contributed by atoms with van der Waals surface area (Å²) in [7, 11) is 1.56. The van der Waals surface area contributed by atoms with Gasteiger partial charge in [0.2, 0.25) is 0 Å². The molecular weight excluding hydrogens is 219 g/mol. The first kappa shape index (κ1) is 11.3. The average Bonchev–Trinajstić information content (AvgIpc) is 2.38. The van der Waals surface area contributed by atoms with E-state index in [0.29, 0.717) is 17.6 Å². The lowest BCUT2D eigenvalue weighted by molar-refractivity contribution is 0.112. The molecule has 0 aliphatic heterocycles. The summed E-state index contributed by atoms with van der Waals surface area (Å²) in [4.78, 5) is 10.5. The third kappa shape index (κ3) is 2.18. The lowest BCUT2D eigenvalue weighted by Gasteiger charge is -2.08. The van der Waals surface area contributed by atoms with Gasteiger partial charge in [-0.1, -0.05) is 24.3 Å². The van der Waals surface area contributed by atoms with E-state index in [0.717, 1.165) is 5.56 Å². The van der Waals surface area contributed by atoms with Crippen molar-refractivity contribution in [3.05, 3.63) is 53.8 Å². The van der Waals surface area contributed by atoms with Gasteiger partial charge in [0.05, 0.1) is 12.7 Å². The van der Waals surface area contributed by atoms with Gasteiger partial charge in [-0.3, -0.25) is 4.79 Å². The first-order valence-electron chi connectivity index (χ1n) is 5.14. The number of hydrogen-bond donors (Lipinski definition) is 0. The van der Waals surface area contributed by atoms with Crippen molar-refractivity contribution in [3.63, 3.8) is 0 Å². The topological polar surface area (TPSA) is 26.3 Å². The molecule has 0 fully saturated rings. The molecule has 0 unspecified atom stereocenters. The molecule has 0 spiro atoms. The summed E-state index contributed by atoms with van der Waals surface area (Å²) in [6.45, 7) is 0. The van der Waals surface area contributed by atoms with Gasteiger partial charge in [-0.2, -0.15) is 0 Å². The molecule has 17 heavy (non-hydrogen) atoms. The van der Waals surface area contributed by atoms with E-state index in [4.69, 9.17) is 4.74 Å². The highest BCUT2D eigenvalue weighted by Crippen LogP contribution is 2.30. The molecule has 0 amide bonds. The molecule has 0 bridgehead atoms. The molecule has 0 heterocycles. The summed E-state index contributed by atoms with van der Waals surface area (Å²) in [6.07, 6.45) is 0.501. The Labute approximate surface area is 98.7 Å². The first-order valence-corrected chi connectivity index (χ1v) is 5.14. The molecule has 3 heteroatoms. The second-order valence-electron chi connectivity index (χ2n) is 3.55. The van der Waals surface area contributed by atoms with Crippen LogP contribution in [-0.2, 0) is 0 Å². The van der Waals surface area contributed by atoms with Crippen molar-refractivity contribution in [1.82, 2.24) is 0 Å². The average molecular weight is 230 g/mol. The van der Waals surface area contributed by atoms with Gasteiger partial charge in [0, 0.05) is 5.56 Å². The second-order valence-corrected chi connectivity index (χ2v) is 3.55. The van der Waals surface area contributed by atoms with Crippen LogP contribution in [0.25, 0.3) is 11.1 Å². The summed E-state index contributed by atoms with van der Waals surface area (Å²) < 4.78 is 18.7. The first-order chi connectivity index (χ1) is 8.26. The van der Waals surface area contributed by atoms with Crippen LogP contribution in [0.1, 0.15) is 10.4 Å². The molecule has 0 aliphatic rings. The van der Waals surface area contributed by atoms with E-state index in [9.17, 15) is 9.18 Å². The van der Waals surface area contributed by atoms with Crippen LogP contribution >= 0.6 is 0 Å². The minimum Gasteiger partial charge on any atom is -0.496 e. The van der Waals surface area contributed by atoms with Crippen molar-refractivity contribution in [3.8, 4) is 16.9 Å². The quantitative estimate of drug-likeness (QED) is 0.756. The number of methoxy groups -OCH3 is 1. The summed E-state index contributed by atoms with van der Waals surface area (Å²) >= 11 is 0. The zero-order valence-corrected chi connectivity index (χ0v) is 9.31. The van der Waals surface area contributed by atoms with Crippen molar-refractivity contribution in [1.29, 1.82) is 0 Å². The maximum absolute atomic E-state index is 13.5. The Hall–Kier alpha value is -2.16. The summed E-state index contributed by atoms with van der Waals surface area (Å²) in [5.74, 6) is 0.147. The molecule has 0 radical (unpaired) electrons. The minimum atomic E-state index is -0.525. The van der Waals surface area contributed by atoms with Crippen LogP contribution < -0.4 is 4.74 Å². The fourth-order valence-corrected chi connectivity index (χ4v) is 1.67. The zero-order valence-electron chi connectivity index (χ0n) is 9.31. The number of hydrogen-bond acceptors (Lipinski definition) is 2. The Balaban J connectivity index is 2.53. The number of rotatable bonds is 3. The highest BCUT2D eigenvalue weighted by molar-refractivity contribution is 5.78. The molecule has 86 valence electrons. The van der Waals surface area contributed by atoms with Crippen LogP contribution in [0, 0.1) is 5.82 Å². The van der Waals surface area contributed by atoms with E-state index in [2.05, 4.69) is 0 Å². The summed E-state index contributed by atoms with van der Waals surface area (Å²) in [5.41, 5.74) is 1.54. The number of benzene rings is 2. The van der Waals surface area contributed by atoms with Crippen LogP contribution in [0.2, 0.25) is 0 Å². The molecule has 0 aliphatic carbocycles. The Kier molecular flexibility index (Phi) is 3.19. The van der Waals surface area contributed by atoms with Crippen LogP contribution in [0.15, 0.2) is 42.5 Å². The number of para-hydroxylation sites is 1. The van der Waals surface area contributed by atoms with Gasteiger partial charge >= 0.3 is 0 Å². The van der Waals surface area contributed by atoms with Crippen LogP contribution in [-0.4, -0.2) is 13.4 Å². The standard InChI is InChI=1S/C14H11FO2/c1-17-14-5-3-2-4-12(14)10-6-7-11(9-16)13(15)8-10/h2-9H,1H3. The molecule has 2 aromatic carbocycles. The van der Waals surface area contributed by atoms with E-state index >= 15 is 0 Å². The van der Waals surface area contributed by atoms with Gasteiger partial charge in [0.25, 0.3) is 0 Å². The van der Waals surface area contributed by atoms with E-state index in [1.54, 1.807) is 19.2 Å². The normalized spacial score (nSPS) is 10.0. The van der Waals surface area contributed by atoms with Gasteiger partial charge in [-0.25, -0.2) is 4.39 Å².